The first-order valence-corrected chi connectivity index (χ1v) is 10.7. The highest BCUT2D eigenvalue weighted by atomic mass is 16.5. The largest absolute Gasteiger partial charge is 0.377 e. The number of aryl methyl sites for hydroxylation is 1. The maximum atomic E-state index is 6.14. The van der Waals surface area contributed by atoms with Gasteiger partial charge in [-0.2, -0.15) is 0 Å². The molecular weight excluding hydrogens is 350 g/mol. The Hall–Kier alpha value is -1.85. The van der Waals surface area contributed by atoms with Crippen molar-refractivity contribution in [2.75, 3.05) is 39.5 Å². The molecule has 5 heteroatoms. The van der Waals surface area contributed by atoms with Crippen molar-refractivity contribution >= 4 is 5.96 Å². The van der Waals surface area contributed by atoms with Crippen molar-refractivity contribution in [2.24, 2.45) is 10.9 Å². The summed E-state index contributed by atoms with van der Waals surface area (Å²) < 4.78 is 11.5. The SMILES string of the molecule is CCNC(=NCC1CCCOC1c1ccc(C)cc1)NCCC1=CCOCC1. The minimum absolute atomic E-state index is 0.147. The summed E-state index contributed by atoms with van der Waals surface area (Å²) >= 11 is 0. The van der Waals surface area contributed by atoms with Crippen LogP contribution in [0.25, 0.3) is 0 Å². The van der Waals surface area contributed by atoms with E-state index in [0.717, 1.165) is 71.1 Å². The Bertz CT molecular complexity index is 654. The highest BCUT2D eigenvalue weighted by molar-refractivity contribution is 5.79. The molecule has 1 fully saturated rings. The first kappa shape index (κ1) is 20.9. The number of benzene rings is 1. The summed E-state index contributed by atoms with van der Waals surface area (Å²) in [4.78, 5) is 4.88. The molecule has 0 aliphatic carbocycles. The number of guanidine groups is 1. The van der Waals surface area contributed by atoms with Gasteiger partial charge in [-0.1, -0.05) is 41.5 Å². The molecule has 0 aromatic heterocycles. The second-order valence-corrected chi connectivity index (χ2v) is 7.69. The van der Waals surface area contributed by atoms with E-state index < -0.39 is 0 Å². The van der Waals surface area contributed by atoms with Crippen LogP contribution in [-0.2, 0) is 9.47 Å². The van der Waals surface area contributed by atoms with Crippen molar-refractivity contribution in [3.05, 3.63) is 47.0 Å². The summed E-state index contributed by atoms with van der Waals surface area (Å²) in [6, 6.07) is 8.74. The van der Waals surface area contributed by atoms with Gasteiger partial charge in [-0.05, 0) is 45.1 Å². The molecule has 1 aromatic rings. The van der Waals surface area contributed by atoms with E-state index in [0.29, 0.717) is 5.92 Å². The molecule has 0 bridgehead atoms. The van der Waals surface area contributed by atoms with E-state index in [9.17, 15) is 0 Å². The summed E-state index contributed by atoms with van der Waals surface area (Å²) in [5.74, 6) is 1.33. The molecule has 1 aromatic carbocycles. The molecular formula is C23H35N3O2. The summed E-state index contributed by atoms with van der Waals surface area (Å²) in [5.41, 5.74) is 4.04. The zero-order valence-corrected chi connectivity index (χ0v) is 17.4. The third kappa shape index (κ3) is 6.35. The van der Waals surface area contributed by atoms with Gasteiger partial charge in [-0.15, -0.1) is 0 Å². The molecule has 3 rings (SSSR count). The van der Waals surface area contributed by atoms with Crippen LogP contribution in [0, 0.1) is 12.8 Å². The molecule has 28 heavy (non-hydrogen) atoms. The summed E-state index contributed by atoms with van der Waals surface area (Å²) in [6.07, 6.45) is 6.73. The zero-order valence-electron chi connectivity index (χ0n) is 17.4. The molecule has 2 aliphatic heterocycles. The number of nitrogens with one attached hydrogen (secondary N) is 2. The van der Waals surface area contributed by atoms with E-state index in [1.807, 2.05) is 0 Å². The second-order valence-electron chi connectivity index (χ2n) is 7.69. The number of nitrogens with zero attached hydrogens (tertiary/aromatic N) is 1. The normalized spacial score (nSPS) is 23.2. The maximum Gasteiger partial charge on any atom is 0.191 e. The molecule has 0 spiro atoms. The fourth-order valence-electron chi connectivity index (χ4n) is 3.84. The van der Waals surface area contributed by atoms with Crippen LogP contribution in [-0.4, -0.2) is 45.4 Å². The number of hydrogen-bond donors (Lipinski definition) is 2. The van der Waals surface area contributed by atoms with Crippen molar-refractivity contribution in [2.45, 2.75) is 45.6 Å². The Morgan fingerprint density at radius 2 is 2.04 bits per heavy atom. The summed E-state index contributed by atoms with van der Waals surface area (Å²) in [7, 11) is 0. The lowest BCUT2D eigenvalue weighted by Gasteiger charge is -2.31. The van der Waals surface area contributed by atoms with Gasteiger partial charge in [0.05, 0.1) is 19.3 Å². The van der Waals surface area contributed by atoms with Crippen molar-refractivity contribution < 1.29 is 9.47 Å². The fraction of sp³-hybridized carbons (Fsp3) is 0.609. The number of aliphatic imine (C=N–C) groups is 1. The van der Waals surface area contributed by atoms with Crippen LogP contribution in [0.3, 0.4) is 0 Å². The third-order valence-electron chi connectivity index (χ3n) is 5.47. The Kier molecular flexibility index (Phi) is 8.37. The first-order chi connectivity index (χ1) is 13.8. The van der Waals surface area contributed by atoms with Crippen molar-refractivity contribution in [3.8, 4) is 0 Å². The predicted octanol–water partition coefficient (Wildman–Crippen LogP) is 3.75. The third-order valence-corrected chi connectivity index (χ3v) is 5.47. The summed E-state index contributed by atoms with van der Waals surface area (Å²) in [6.45, 7) is 9.23. The fourth-order valence-corrected chi connectivity index (χ4v) is 3.84. The first-order valence-electron chi connectivity index (χ1n) is 10.7. The molecule has 2 aliphatic rings. The number of ether oxygens (including phenoxy) is 2. The van der Waals surface area contributed by atoms with Crippen LogP contribution in [0.2, 0.25) is 0 Å². The van der Waals surface area contributed by atoms with Crippen molar-refractivity contribution in [3.63, 3.8) is 0 Å². The van der Waals surface area contributed by atoms with Gasteiger partial charge < -0.3 is 20.1 Å². The van der Waals surface area contributed by atoms with Gasteiger partial charge in [0.1, 0.15) is 0 Å². The van der Waals surface area contributed by atoms with Gasteiger partial charge in [-0.25, -0.2) is 0 Å². The standard InChI is InChI=1S/C23H35N3O2/c1-3-24-23(25-13-10-19-11-15-27-16-12-19)26-17-21-5-4-14-28-22(21)20-8-6-18(2)7-9-20/h6-9,11,21-22H,3-5,10,12-17H2,1-2H3,(H2,24,25,26). The number of rotatable bonds is 7. The Labute approximate surface area is 169 Å². The van der Waals surface area contributed by atoms with Gasteiger partial charge in [0.15, 0.2) is 5.96 Å². The Morgan fingerprint density at radius 3 is 2.79 bits per heavy atom. The second kappa shape index (κ2) is 11.2. The minimum atomic E-state index is 0.147. The Balaban J connectivity index is 1.56. The molecule has 1 saturated heterocycles. The predicted molar refractivity (Wildman–Crippen MR) is 115 cm³/mol. The van der Waals surface area contributed by atoms with Crippen LogP contribution in [0.15, 0.2) is 40.9 Å². The molecule has 154 valence electrons. The van der Waals surface area contributed by atoms with Gasteiger partial charge in [-0.3, -0.25) is 4.99 Å². The highest BCUT2D eigenvalue weighted by Gasteiger charge is 2.27. The topological polar surface area (TPSA) is 54.9 Å². The van der Waals surface area contributed by atoms with E-state index in [4.69, 9.17) is 14.5 Å². The highest BCUT2D eigenvalue weighted by Crippen LogP contribution is 2.33. The van der Waals surface area contributed by atoms with E-state index in [1.165, 1.54) is 16.7 Å². The monoisotopic (exact) mass is 385 g/mol. The summed E-state index contributed by atoms with van der Waals surface area (Å²) in [5, 5.41) is 6.86. The lowest BCUT2D eigenvalue weighted by molar-refractivity contribution is -0.0250. The lowest BCUT2D eigenvalue weighted by Crippen LogP contribution is -2.38. The Morgan fingerprint density at radius 1 is 1.18 bits per heavy atom. The molecule has 2 unspecified atom stereocenters. The minimum Gasteiger partial charge on any atom is -0.377 e. The maximum absolute atomic E-state index is 6.14. The van der Waals surface area contributed by atoms with Gasteiger partial charge in [0, 0.05) is 32.2 Å². The molecule has 0 radical (unpaired) electrons. The molecule has 0 amide bonds. The van der Waals surface area contributed by atoms with Crippen LogP contribution in [0.1, 0.15) is 49.8 Å². The molecule has 2 heterocycles. The zero-order chi connectivity index (χ0) is 19.6. The average molecular weight is 386 g/mol. The van der Waals surface area contributed by atoms with Crippen LogP contribution >= 0.6 is 0 Å². The van der Waals surface area contributed by atoms with Crippen LogP contribution < -0.4 is 10.6 Å². The van der Waals surface area contributed by atoms with Gasteiger partial charge in [0.2, 0.25) is 0 Å². The van der Waals surface area contributed by atoms with Crippen molar-refractivity contribution in [1.82, 2.24) is 10.6 Å². The van der Waals surface area contributed by atoms with Crippen molar-refractivity contribution in [1.29, 1.82) is 0 Å². The van der Waals surface area contributed by atoms with E-state index in [-0.39, 0.29) is 6.10 Å². The number of hydrogen-bond acceptors (Lipinski definition) is 3. The molecule has 5 nitrogen and oxygen atoms in total. The lowest BCUT2D eigenvalue weighted by atomic mass is 9.89. The van der Waals surface area contributed by atoms with Gasteiger partial charge >= 0.3 is 0 Å². The molecule has 2 N–H and O–H groups in total. The van der Waals surface area contributed by atoms with E-state index in [1.54, 1.807) is 0 Å². The van der Waals surface area contributed by atoms with E-state index >= 15 is 0 Å². The van der Waals surface area contributed by atoms with Gasteiger partial charge in [0.25, 0.3) is 0 Å². The molecule has 0 saturated carbocycles. The average Bonchev–Trinajstić information content (AvgIpc) is 2.74. The smallest absolute Gasteiger partial charge is 0.191 e. The van der Waals surface area contributed by atoms with E-state index in [2.05, 4.69) is 54.8 Å². The molecule has 2 atom stereocenters. The van der Waals surface area contributed by atoms with Crippen LogP contribution in [0.4, 0.5) is 0 Å². The van der Waals surface area contributed by atoms with Crippen LogP contribution in [0.5, 0.6) is 0 Å². The quantitative estimate of drug-likeness (QED) is 0.426.